The number of carbonyl (C=O) groups excluding carboxylic acids is 1. The van der Waals surface area contributed by atoms with E-state index < -0.39 is 0 Å². The Morgan fingerprint density at radius 3 is 2.86 bits per heavy atom. The molecule has 5 heteroatoms. The van der Waals surface area contributed by atoms with Crippen molar-refractivity contribution in [3.05, 3.63) is 21.9 Å². The van der Waals surface area contributed by atoms with Crippen molar-refractivity contribution < 1.29 is 9.53 Å². The summed E-state index contributed by atoms with van der Waals surface area (Å²) in [4.78, 5) is 16.7. The molecule has 1 unspecified atom stereocenters. The van der Waals surface area contributed by atoms with Gasteiger partial charge in [0.05, 0.1) is 4.88 Å². The molecule has 116 valence electrons. The highest BCUT2D eigenvalue weighted by Crippen LogP contribution is 2.42. The molecule has 0 radical (unpaired) electrons. The molecule has 2 fully saturated rings. The van der Waals surface area contributed by atoms with Gasteiger partial charge in [0.25, 0.3) is 5.91 Å². The third-order valence-corrected chi connectivity index (χ3v) is 6.11. The minimum Gasteiger partial charge on any atom is -0.381 e. The average Bonchev–Trinajstić information content (AvgIpc) is 3.15. The molecule has 1 aromatic heterocycles. The molecule has 21 heavy (non-hydrogen) atoms. The van der Waals surface area contributed by atoms with Crippen molar-refractivity contribution in [3.8, 4) is 0 Å². The van der Waals surface area contributed by atoms with Crippen molar-refractivity contribution in [1.82, 2.24) is 4.90 Å². The maximum absolute atomic E-state index is 12.6. The van der Waals surface area contributed by atoms with E-state index in [2.05, 4.69) is 0 Å². The number of carbonyl (C=O) groups is 1. The summed E-state index contributed by atoms with van der Waals surface area (Å²) in [5, 5.41) is 0. The number of thiophene rings is 1. The molecule has 1 atom stereocenters. The van der Waals surface area contributed by atoms with Crippen LogP contribution in [0.5, 0.6) is 0 Å². The highest BCUT2D eigenvalue weighted by atomic mass is 32.1. The molecule has 0 bridgehead atoms. The molecule has 3 heterocycles. The lowest BCUT2D eigenvalue weighted by Crippen LogP contribution is -2.43. The molecule has 2 aliphatic rings. The van der Waals surface area contributed by atoms with E-state index in [9.17, 15) is 4.79 Å². The Morgan fingerprint density at radius 2 is 2.24 bits per heavy atom. The number of likely N-dealkylation sites (tertiary alicyclic amines) is 1. The second-order valence-corrected chi connectivity index (χ2v) is 7.63. The Balaban J connectivity index is 1.72. The monoisotopic (exact) mass is 308 g/mol. The lowest BCUT2D eigenvalue weighted by Gasteiger charge is -2.38. The Labute approximate surface area is 130 Å². The lowest BCUT2D eigenvalue weighted by atomic mass is 9.71. The van der Waals surface area contributed by atoms with E-state index in [0.717, 1.165) is 50.4 Å². The molecule has 0 spiro atoms. The smallest absolute Gasteiger partial charge is 0.263 e. The fraction of sp³-hybridized carbons (Fsp3) is 0.688. The summed E-state index contributed by atoms with van der Waals surface area (Å²) in [6, 6.07) is 3.96. The van der Waals surface area contributed by atoms with Crippen molar-refractivity contribution in [3.63, 3.8) is 0 Å². The van der Waals surface area contributed by atoms with E-state index in [1.807, 2.05) is 24.0 Å². The number of amides is 1. The molecule has 0 aliphatic carbocycles. The summed E-state index contributed by atoms with van der Waals surface area (Å²) in [7, 11) is 0. The minimum absolute atomic E-state index is 0.103. The van der Waals surface area contributed by atoms with Gasteiger partial charge in [0.1, 0.15) is 0 Å². The second kappa shape index (κ2) is 6.07. The number of hydrogen-bond acceptors (Lipinski definition) is 4. The van der Waals surface area contributed by atoms with Crippen molar-refractivity contribution in [2.24, 2.45) is 17.1 Å². The van der Waals surface area contributed by atoms with Gasteiger partial charge in [0.2, 0.25) is 0 Å². The summed E-state index contributed by atoms with van der Waals surface area (Å²) in [5.74, 6) is 0.773. The predicted octanol–water partition coefficient (Wildman–Crippen LogP) is 2.27. The summed E-state index contributed by atoms with van der Waals surface area (Å²) >= 11 is 1.58. The molecule has 2 saturated heterocycles. The van der Waals surface area contributed by atoms with E-state index in [-0.39, 0.29) is 11.3 Å². The molecule has 0 saturated carbocycles. The van der Waals surface area contributed by atoms with Gasteiger partial charge >= 0.3 is 0 Å². The number of nitrogens with zero attached hydrogens (tertiary/aromatic N) is 1. The van der Waals surface area contributed by atoms with Gasteiger partial charge in [0, 0.05) is 36.6 Å². The normalized spacial score (nSPS) is 27.2. The van der Waals surface area contributed by atoms with Crippen LogP contribution in [0.4, 0.5) is 0 Å². The van der Waals surface area contributed by atoms with Crippen LogP contribution in [-0.4, -0.2) is 43.7 Å². The number of aryl methyl sites for hydroxylation is 1. The highest BCUT2D eigenvalue weighted by Gasteiger charge is 2.45. The van der Waals surface area contributed by atoms with Gasteiger partial charge in [-0.15, -0.1) is 11.3 Å². The van der Waals surface area contributed by atoms with Gasteiger partial charge in [0.15, 0.2) is 0 Å². The maximum atomic E-state index is 12.6. The molecule has 1 amide bonds. The van der Waals surface area contributed by atoms with Crippen LogP contribution < -0.4 is 5.73 Å². The number of nitrogens with two attached hydrogens (primary N) is 1. The topological polar surface area (TPSA) is 55.6 Å². The Kier molecular flexibility index (Phi) is 4.33. The zero-order chi connectivity index (χ0) is 14.9. The van der Waals surface area contributed by atoms with Gasteiger partial charge in [-0.1, -0.05) is 0 Å². The molecule has 2 aliphatic heterocycles. The maximum Gasteiger partial charge on any atom is 0.263 e. The Bertz CT molecular complexity index is 510. The Hall–Kier alpha value is -0.910. The number of rotatable bonds is 3. The van der Waals surface area contributed by atoms with Gasteiger partial charge in [-0.05, 0) is 50.8 Å². The van der Waals surface area contributed by atoms with Crippen molar-refractivity contribution in [1.29, 1.82) is 0 Å². The summed E-state index contributed by atoms with van der Waals surface area (Å²) in [6.45, 7) is 6.03. The summed E-state index contributed by atoms with van der Waals surface area (Å²) in [6.07, 6.45) is 3.19. The molecule has 3 rings (SSSR count). The van der Waals surface area contributed by atoms with E-state index in [1.165, 1.54) is 4.88 Å². The fourth-order valence-electron chi connectivity index (χ4n) is 3.75. The average molecular weight is 308 g/mol. The SMILES string of the molecule is Cc1ccc(C(=O)N2CCC(CN)(C3CCOCC3)C2)s1. The quantitative estimate of drug-likeness (QED) is 0.932. The zero-order valence-electron chi connectivity index (χ0n) is 12.6. The van der Waals surface area contributed by atoms with Crippen LogP contribution in [0.15, 0.2) is 12.1 Å². The first kappa shape index (κ1) is 15.0. The third kappa shape index (κ3) is 2.87. The van der Waals surface area contributed by atoms with Crippen LogP contribution in [-0.2, 0) is 4.74 Å². The number of ether oxygens (including phenoxy) is 1. The van der Waals surface area contributed by atoms with E-state index >= 15 is 0 Å². The molecule has 1 aromatic rings. The van der Waals surface area contributed by atoms with Gasteiger partial charge in [-0.2, -0.15) is 0 Å². The first-order valence-electron chi connectivity index (χ1n) is 7.78. The van der Waals surface area contributed by atoms with E-state index in [4.69, 9.17) is 10.5 Å². The van der Waals surface area contributed by atoms with E-state index in [0.29, 0.717) is 12.5 Å². The third-order valence-electron chi connectivity index (χ3n) is 5.12. The summed E-state index contributed by atoms with van der Waals surface area (Å²) < 4.78 is 5.48. The van der Waals surface area contributed by atoms with Gasteiger partial charge in [-0.3, -0.25) is 4.79 Å². The van der Waals surface area contributed by atoms with E-state index in [1.54, 1.807) is 11.3 Å². The van der Waals surface area contributed by atoms with Crippen LogP contribution in [0.3, 0.4) is 0 Å². The first-order chi connectivity index (χ1) is 10.1. The first-order valence-corrected chi connectivity index (χ1v) is 8.60. The lowest BCUT2D eigenvalue weighted by molar-refractivity contribution is 0.0159. The number of hydrogen-bond donors (Lipinski definition) is 1. The van der Waals surface area contributed by atoms with Crippen LogP contribution in [0.2, 0.25) is 0 Å². The zero-order valence-corrected chi connectivity index (χ0v) is 13.5. The van der Waals surface area contributed by atoms with Crippen LogP contribution in [0.25, 0.3) is 0 Å². The van der Waals surface area contributed by atoms with Crippen molar-refractivity contribution in [2.75, 3.05) is 32.8 Å². The van der Waals surface area contributed by atoms with Crippen LogP contribution >= 0.6 is 11.3 Å². The Morgan fingerprint density at radius 1 is 1.48 bits per heavy atom. The fourth-order valence-corrected chi connectivity index (χ4v) is 4.59. The summed E-state index contributed by atoms with van der Waals surface area (Å²) in [5.41, 5.74) is 6.23. The predicted molar refractivity (Wildman–Crippen MR) is 84.6 cm³/mol. The second-order valence-electron chi connectivity index (χ2n) is 6.34. The van der Waals surface area contributed by atoms with Crippen molar-refractivity contribution in [2.45, 2.75) is 26.2 Å². The molecule has 4 nitrogen and oxygen atoms in total. The molecule has 0 aromatic carbocycles. The molecule has 2 N–H and O–H groups in total. The highest BCUT2D eigenvalue weighted by molar-refractivity contribution is 7.13. The van der Waals surface area contributed by atoms with Gasteiger partial charge in [-0.25, -0.2) is 0 Å². The molecular weight excluding hydrogens is 284 g/mol. The standard InChI is InChI=1S/C16H24N2O2S/c1-12-2-3-14(21-12)15(19)18-7-6-16(10-17,11-18)13-4-8-20-9-5-13/h2-3,13H,4-11,17H2,1H3. The minimum atomic E-state index is 0.103. The van der Waals surface area contributed by atoms with Crippen LogP contribution in [0, 0.1) is 18.3 Å². The van der Waals surface area contributed by atoms with Crippen LogP contribution in [0.1, 0.15) is 33.8 Å². The largest absolute Gasteiger partial charge is 0.381 e. The van der Waals surface area contributed by atoms with Gasteiger partial charge < -0.3 is 15.4 Å². The van der Waals surface area contributed by atoms with Crippen molar-refractivity contribution >= 4 is 17.2 Å². The molecular formula is C16H24N2O2S.